The number of benzene rings is 2. The molecule has 0 aliphatic carbocycles. The van der Waals surface area contributed by atoms with Crippen LogP contribution in [0.3, 0.4) is 0 Å². The molecule has 0 atom stereocenters. The maximum Gasteiger partial charge on any atom is 0.223 e. The number of likely N-dealkylation sites (tertiary alicyclic amines) is 2. The fourth-order valence-electron chi connectivity index (χ4n) is 5.78. The van der Waals surface area contributed by atoms with Crippen LogP contribution in [0.4, 0.5) is 0 Å². The minimum absolute atomic E-state index is 0.163. The molecule has 2 aliphatic heterocycles. The molecule has 0 saturated carbocycles. The van der Waals surface area contributed by atoms with E-state index in [0.717, 1.165) is 58.5 Å². The Morgan fingerprint density at radius 2 is 1.57 bits per heavy atom. The number of para-hydroxylation sites is 1. The Bertz CT molecular complexity index is 1080. The zero-order valence-electron chi connectivity index (χ0n) is 21.0. The van der Waals surface area contributed by atoms with Crippen LogP contribution in [0.15, 0.2) is 60.7 Å². The van der Waals surface area contributed by atoms with Crippen molar-refractivity contribution in [3.63, 3.8) is 0 Å². The van der Waals surface area contributed by atoms with Gasteiger partial charge in [0.25, 0.3) is 0 Å². The Morgan fingerprint density at radius 3 is 2.37 bits per heavy atom. The molecule has 2 aromatic carbocycles. The minimum Gasteiger partial charge on any atom is -0.356 e. The molecule has 5 rings (SSSR count). The number of nitrogens with one attached hydrogen (secondary N) is 1. The van der Waals surface area contributed by atoms with Gasteiger partial charge in [0.05, 0.1) is 0 Å². The molecule has 35 heavy (non-hydrogen) atoms. The first-order valence-corrected chi connectivity index (χ1v) is 13.6. The van der Waals surface area contributed by atoms with Gasteiger partial charge in [-0.1, -0.05) is 55.0 Å². The molecule has 0 unspecified atom stereocenters. The molecule has 2 saturated heterocycles. The van der Waals surface area contributed by atoms with Gasteiger partial charge in [0.2, 0.25) is 5.91 Å². The molecule has 0 radical (unpaired) electrons. The van der Waals surface area contributed by atoms with Crippen LogP contribution in [-0.2, 0) is 17.9 Å². The summed E-state index contributed by atoms with van der Waals surface area (Å²) in [4.78, 5) is 17.8. The lowest BCUT2D eigenvalue weighted by Gasteiger charge is -2.31. The highest BCUT2D eigenvalue weighted by molar-refractivity contribution is 5.81. The van der Waals surface area contributed by atoms with Crippen molar-refractivity contribution < 1.29 is 4.79 Å². The third kappa shape index (κ3) is 6.33. The zero-order valence-corrected chi connectivity index (χ0v) is 21.0. The van der Waals surface area contributed by atoms with Crippen LogP contribution < -0.4 is 5.32 Å². The molecular formula is C30H40N4O. The van der Waals surface area contributed by atoms with Crippen LogP contribution in [0.2, 0.25) is 0 Å². The zero-order chi connectivity index (χ0) is 23.9. The third-order valence-corrected chi connectivity index (χ3v) is 7.82. The van der Waals surface area contributed by atoms with Crippen molar-refractivity contribution >= 4 is 16.8 Å². The quantitative estimate of drug-likeness (QED) is 0.451. The largest absolute Gasteiger partial charge is 0.356 e. The van der Waals surface area contributed by atoms with Gasteiger partial charge in [-0.25, -0.2) is 0 Å². The first-order chi connectivity index (χ1) is 17.3. The van der Waals surface area contributed by atoms with E-state index in [-0.39, 0.29) is 11.8 Å². The van der Waals surface area contributed by atoms with Gasteiger partial charge in [0.1, 0.15) is 0 Å². The van der Waals surface area contributed by atoms with Crippen LogP contribution in [-0.4, -0.2) is 59.5 Å². The summed E-state index contributed by atoms with van der Waals surface area (Å²) in [6, 6.07) is 21.7. The van der Waals surface area contributed by atoms with Crippen LogP contribution in [0.25, 0.3) is 10.9 Å². The monoisotopic (exact) mass is 472 g/mol. The SMILES string of the molecule is O=C(NCCCN1CCCCC1)C1CCN(Cc2cc3ccccc3n2Cc2ccccc2)CC1. The van der Waals surface area contributed by atoms with Crippen molar-refractivity contribution in [1.82, 2.24) is 19.7 Å². The second-order valence-corrected chi connectivity index (χ2v) is 10.4. The summed E-state index contributed by atoms with van der Waals surface area (Å²) in [6.07, 6.45) is 7.02. The Morgan fingerprint density at radius 1 is 0.829 bits per heavy atom. The first-order valence-electron chi connectivity index (χ1n) is 13.6. The summed E-state index contributed by atoms with van der Waals surface area (Å²) in [6.45, 7) is 8.20. The number of aromatic nitrogens is 1. The summed E-state index contributed by atoms with van der Waals surface area (Å²) in [5, 5.41) is 4.53. The number of fused-ring (bicyclic) bond motifs is 1. The molecule has 2 fully saturated rings. The molecule has 0 spiro atoms. The molecule has 1 N–H and O–H groups in total. The van der Waals surface area contributed by atoms with Gasteiger partial charge in [0.15, 0.2) is 0 Å². The van der Waals surface area contributed by atoms with Crippen LogP contribution in [0.5, 0.6) is 0 Å². The topological polar surface area (TPSA) is 40.5 Å². The lowest BCUT2D eigenvalue weighted by molar-refractivity contribution is -0.126. The van der Waals surface area contributed by atoms with Crippen LogP contribution in [0.1, 0.15) is 49.8 Å². The second-order valence-electron chi connectivity index (χ2n) is 10.4. The van der Waals surface area contributed by atoms with E-state index in [9.17, 15) is 4.79 Å². The highest BCUT2D eigenvalue weighted by Crippen LogP contribution is 2.25. The highest BCUT2D eigenvalue weighted by Gasteiger charge is 2.25. The summed E-state index contributed by atoms with van der Waals surface area (Å²) >= 11 is 0. The number of piperidine rings is 2. The summed E-state index contributed by atoms with van der Waals surface area (Å²) in [5.74, 6) is 0.429. The third-order valence-electron chi connectivity index (χ3n) is 7.82. The predicted octanol–water partition coefficient (Wildman–Crippen LogP) is 4.89. The summed E-state index contributed by atoms with van der Waals surface area (Å²) < 4.78 is 2.46. The van der Waals surface area contributed by atoms with Crippen molar-refractivity contribution in [3.8, 4) is 0 Å². The van der Waals surface area contributed by atoms with E-state index in [2.05, 4.69) is 80.3 Å². The first kappa shape index (κ1) is 24.1. The van der Waals surface area contributed by atoms with Crippen molar-refractivity contribution in [1.29, 1.82) is 0 Å². The Hall–Kier alpha value is -2.63. The lowest BCUT2D eigenvalue weighted by Crippen LogP contribution is -2.41. The van der Waals surface area contributed by atoms with Gasteiger partial charge < -0.3 is 14.8 Å². The van der Waals surface area contributed by atoms with Crippen molar-refractivity contribution in [2.75, 3.05) is 39.3 Å². The number of amides is 1. The molecular weight excluding hydrogens is 432 g/mol. The molecule has 1 aromatic heterocycles. The molecule has 5 heteroatoms. The Balaban J connectivity index is 1.12. The Kier molecular flexibility index (Phi) is 8.17. The van der Waals surface area contributed by atoms with Crippen molar-refractivity contribution in [2.45, 2.75) is 51.6 Å². The molecule has 0 bridgehead atoms. The normalized spacial score (nSPS) is 18.2. The van der Waals surface area contributed by atoms with Crippen LogP contribution in [0, 0.1) is 5.92 Å². The number of carbonyl (C=O) groups is 1. The van der Waals surface area contributed by atoms with E-state index >= 15 is 0 Å². The second kappa shape index (κ2) is 11.9. The van der Waals surface area contributed by atoms with Gasteiger partial charge in [-0.05, 0) is 87.9 Å². The Labute approximate surface area is 210 Å². The number of hydrogen-bond acceptors (Lipinski definition) is 3. The van der Waals surface area contributed by atoms with Gasteiger partial charge >= 0.3 is 0 Å². The average molecular weight is 473 g/mol. The van der Waals surface area contributed by atoms with E-state index in [1.54, 1.807) is 0 Å². The molecule has 3 aromatic rings. The van der Waals surface area contributed by atoms with Gasteiger partial charge in [-0.15, -0.1) is 0 Å². The standard InChI is InChI=1S/C30H40N4O/c35-30(31-16-9-19-32-17-7-2-8-18-32)26-14-20-33(21-15-26)24-28-22-27-12-5-6-13-29(27)34(28)23-25-10-3-1-4-11-25/h1,3-6,10-13,22,26H,2,7-9,14-21,23-24H2,(H,31,35). The number of carbonyl (C=O) groups excluding carboxylic acids is 1. The van der Waals surface area contributed by atoms with Crippen molar-refractivity contribution in [2.24, 2.45) is 5.92 Å². The van der Waals surface area contributed by atoms with Gasteiger partial charge in [-0.3, -0.25) is 9.69 Å². The van der Waals surface area contributed by atoms with Gasteiger partial charge in [-0.2, -0.15) is 0 Å². The lowest BCUT2D eigenvalue weighted by atomic mass is 9.95. The van der Waals surface area contributed by atoms with Crippen LogP contribution >= 0.6 is 0 Å². The maximum atomic E-state index is 12.7. The molecule has 1 amide bonds. The summed E-state index contributed by atoms with van der Waals surface area (Å²) in [5.41, 5.74) is 3.98. The smallest absolute Gasteiger partial charge is 0.223 e. The maximum absolute atomic E-state index is 12.7. The summed E-state index contributed by atoms with van der Waals surface area (Å²) in [7, 11) is 0. The van der Waals surface area contributed by atoms with E-state index < -0.39 is 0 Å². The number of hydrogen-bond donors (Lipinski definition) is 1. The van der Waals surface area contributed by atoms with Crippen molar-refractivity contribution in [3.05, 3.63) is 71.9 Å². The number of rotatable bonds is 9. The molecule has 2 aliphatic rings. The highest BCUT2D eigenvalue weighted by atomic mass is 16.1. The van der Waals surface area contributed by atoms with E-state index in [0.29, 0.717) is 0 Å². The van der Waals surface area contributed by atoms with E-state index in [1.807, 2.05) is 0 Å². The molecule has 186 valence electrons. The minimum atomic E-state index is 0.163. The predicted molar refractivity (Wildman–Crippen MR) is 143 cm³/mol. The fraction of sp³-hybridized carbons (Fsp3) is 0.500. The fourth-order valence-corrected chi connectivity index (χ4v) is 5.78. The van der Waals surface area contributed by atoms with E-state index in [4.69, 9.17) is 0 Å². The number of nitrogens with zero attached hydrogens (tertiary/aromatic N) is 3. The van der Waals surface area contributed by atoms with E-state index in [1.165, 1.54) is 54.5 Å². The average Bonchev–Trinajstić information content (AvgIpc) is 3.25. The molecule has 5 nitrogen and oxygen atoms in total. The molecule has 3 heterocycles. The van der Waals surface area contributed by atoms with Gasteiger partial charge in [0, 0.05) is 36.8 Å².